The Hall–Kier alpha value is -2.95. The molecule has 0 radical (unpaired) electrons. The first kappa shape index (κ1) is 20.4. The van der Waals surface area contributed by atoms with Gasteiger partial charge in [0.1, 0.15) is 0 Å². The molecule has 0 aromatic carbocycles. The van der Waals surface area contributed by atoms with Gasteiger partial charge in [-0.2, -0.15) is 0 Å². The third kappa shape index (κ3) is 11.9. The summed E-state index contributed by atoms with van der Waals surface area (Å²) in [4.78, 5) is 49.6. The Morgan fingerprint density at radius 2 is 1.00 bits per heavy atom. The van der Waals surface area contributed by atoms with Crippen molar-refractivity contribution in [2.75, 3.05) is 0 Å². The zero-order valence-electron chi connectivity index (χ0n) is 10.3. The van der Waals surface area contributed by atoms with Gasteiger partial charge in [-0.1, -0.05) is 0 Å². The third-order valence-electron chi connectivity index (χ3n) is 1.65. The van der Waals surface area contributed by atoms with Gasteiger partial charge in [-0.3, -0.25) is 9.59 Å². The van der Waals surface area contributed by atoms with Crippen LogP contribution in [0, 0.1) is 0 Å². The molecule has 0 saturated carbocycles. The van der Waals surface area contributed by atoms with Gasteiger partial charge in [0.05, 0.1) is 12.8 Å². The standard InChI is InChI=1S/C6H8O7.C4H4O4/c7-3(8)1-6(13,5(11)12)2-4(9)10;5-3(6)1-2-4(7)8/h13H,1-2H2,(H,7,8)(H,9,10)(H,11,12);1-2H,(H,5,6)(H,7,8)/b;2-1-. The van der Waals surface area contributed by atoms with Crippen molar-refractivity contribution in [3.8, 4) is 0 Å². The van der Waals surface area contributed by atoms with Crippen molar-refractivity contribution in [1.82, 2.24) is 0 Å². The second-order valence-corrected chi connectivity index (χ2v) is 3.49. The Kier molecular flexibility index (Phi) is 8.76. The van der Waals surface area contributed by atoms with Crippen LogP contribution in [0.1, 0.15) is 12.8 Å². The van der Waals surface area contributed by atoms with E-state index < -0.39 is 48.3 Å². The van der Waals surface area contributed by atoms with Crippen LogP contribution >= 0.6 is 0 Å². The normalized spacial score (nSPS) is 10.3. The molecule has 11 heteroatoms. The predicted octanol–water partition coefficient (Wildman–Crippen LogP) is -1.54. The first-order valence-corrected chi connectivity index (χ1v) is 4.94. The summed E-state index contributed by atoms with van der Waals surface area (Å²) in [7, 11) is 0. The maximum Gasteiger partial charge on any atom is 0.336 e. The molecule has 0 atom stereocenters. The molecule has 0 saturated heterocycles. The topological polar surface area (TPSA) is 207 Å². The van der Waals surface area contributed by atoms with Gasteiger partial charge in [0.25, 0.3) is 0 Å². The summed E-state index contributed by atoms with van der Waals surface area (Å²) in [6.45, 7) is 0. The van der Waals surface area contributed by atoms with Gasteiger partial charge in [0, 0.05) is 12.2 Å². The molecule has 0 amide bonds. The number of aliphatic carboxylic acids is 5. The molecular formula is C10H12O11. The lowest BCUT2D eigenvalue weighted by Gasteiger charge is -2.18. The molecule has 0 aromatic rings. The van der Waals surface area contributed by atoms with E-state index in [1.54, 1.807) is 0 Å². The zero-order chi connectivity index (χ0) is 17.2. The predicted molar refractivity (Wildman–Crippen MR) is 61.5 cm³/mol. The molecule has 0 aliphatic carbocycles. The number of hydrogen-bond donors (Lipinski definition) is 6. The van der Waals surface area contributed by atoms with Gasteiger partial charge in [-0.25, -0.2) is 14.4 Å². The van der Waals surface area contributed by atoms with Crippen LogP contribution in [0.25, 0.3) is 0 Å². The van der Waals surface area contributed by atoms with E-state index >= 15 is 0 Å². The lowest BCUT2D eigenvalue weighted by atomic mass is 9.96. The first-order chi connectivity index (χ1) is 9.40. The van der Waals surface area contributed by atoms with Crippen molar-refractivity contribution >= 4 is 29.8 Å². The fraction of sp³-hybridized carbons (Fsp3) is 0.300. The Morgan fingerprint density at radius 3 is 1.14 bits per heavy atom. The monoisotopic (exact) mass is 308 g/mol. The number of rotatable bonds is 7. The molecule has 21 heavy (non-hydrogen) atoms. The van der Waals surface area contributed by atoms with Crippen molar-refractivity contribution < 1.29 is 54.6 Å². The van der Waals surface area contributed by atoms with E-state index in [0.29, 0.717) is 12.2 Å². The fourth-order valence-corrected chi connectivity index (χ4v) is 0.857. The van der Waals surface area contributed by atoms with Crippen LogP contribution < -0.4 is 0 Å². The molecule has 11 nitrogen and oxygen atoms in total. The van der Waals surface area contributed by atoms with Crippen LogP contribution in [-0.2, 0) is 24.0 Å². The van der Waals surface area contributed by atoms with Crippen LogP contribution in [-0.4, -0.2) is 66.1 Å². The molecule has 0 rings (SSSR count). The van der Waals surface area contributed by atoms with E-state index in [4.69, 9.17) is 30.6 Å². The summed E-state index contributed by atoms with van der Waals surface area (Å²) in [5.74, 6) is -7.53. The van der Waals surface area contributed by atoms with Crippen LogP contribution in [0.15, 0.2) is 12.2 Å². The Balaban J connectivity index is 0. The van der Waals surface area contributed by atoms with E-state index in [0.717, 1.165) is 0 Å². The van der Waals surface area contributed by atoms with Crippen molar-refractivity contribution in [1.29, 1.82) is 0 Å². The van der Waals surface area contributed by atoms with Gasteiger partial charge in [0.15, 0.2) is 5.60 Å². The van der Waals surface area contributed by atoms with Crippen molar-refractivity contribution in [3.05, 3.63) is 12.2 Å². The Labute approximate surface area is 116 Å². The highest BCUT2D eigenvalue weighted by Crippen LogP contribution is 2.15. The smallest absolute Gasteiger partial charge is 0.336 e. The average Bonchev–Trinajstić information content (AvgIpc) is 2.24. The first-order valence-electron chi connectivity index (χ1n) is 4.94. The number of carbonyl (C=O) groups is 5. The minimum atomic E-state index is -2.74. The SMILES string of the molecule is O=C(O)/C=C\C(=O)O.O=C(O)CC(O)(CC(=O)O)C(=O)O. The molecule has 0 aromatic heterocycles. The maximum atomic E-state index is 10.3. The highest BCUT2D eigenvalue weighted by atomic mass is 16.4. The minimum absolute atomic E-state index is 0.558. The third-order valence-corrected chi connectivity index (χ3v) is 1.65. The Morgan fingerprint density at radius 1 is 0.714 bits per heavy atom. The molecule has 0 aliphatic heterocycles. The summed E-state index contributed by atoms with van der Waals surface area (Å²) in [5, 5.41) is 49.4. The highest BCUT2D eigenvalue weighted by molar-refractivity contribution is 5.89. The second-order valence-electron chi connectivity index (χ2n) is 3.49. The van der Waals surface area contributed by atoms with Gasteiger partial charge in [-0.05, 0) is 0 Å². The molecule has 118 valence electrons. The lowest BCUT2D eigenvalue weighted by molar-refractivity contribution is -0.170. The summed E-state index contributed by atoms with van der Waals surface area (Å²) in [6.07, 6.45) is -1.17. The summed E-state index contributed by atoms with van der Waals surface area (Å²) in [6, 6.07) is 0. The van der Waals surface area contributed by atoms with Crippen LogP contribution in [0.4, 0.5) is 0 Å². The molecule has 0 unspecified atom stereocenters. The number of aliphatic hydroxyl groups is 1. The summed E-state index contributed by atoms with van der Waals surface area (Å²) in [5.41, 5.74) is -2.74. The van der Waals surface area contributed by atoms with Gasteiger partial charge < -0.3 is 30.6 Å². The van der Waals surface area contributed by atoms with E-state index in [2.05, 4.69) is 0 Å². The van der Waals surface area contributed by atoms with E-state index in [1.165, 1.54) is 0 Å². The van der Waals surface area contributed by atoms with Gasteiger partial charge in [0.2, 0.25) is 0 Å². The number of hydrogen-bond acceptors (Lipinski definition) is 6. The maximum absolute atomic E-state index is 10.3. The highest BCUT2D eigenvalue weighted by Gasteiger charge is 2.40. The second kappa shape index (κ2) is 9.03. The van der Waals surface area contributed by atoms with Crippen LogP contribution in [0.5, 0.6) is 0 Å². The van der Waals surface area contributed by atoms with Crippen molar-refractivity contribution in [2.45, 2.75) is 18.4 Å². The number of carboxylic acids is 5. The molecule has 0 aliphatic rings. The minimum Gasteiger partial charge on any atom is -0.481 e. The number of carboxylic acid groups (broad SMARTS) is 5. The lowest BCUT2D eigenvalue weighted by Crippen LogP contribution is -2.42. The van der Waals surface area contributed by atoms with Crippen LogP contribution in [0.2, 0.25) is 0 Å². The summed E-state index contributed by atoms with van der Waals surface area (Å²) >= 11 is 0. The van der Waals surface area contributed by atoms with Gasteiger partial charge in [-0.15, -0.1) is 0 Å². The van der Waals surface area contributed by atoms with E-state index in [1.807, 2.05) is 0 Å². The molecular weight excluding hydrogens is 296 g/mol. The Bertz CT molecular complexity index is 430. The molecule has 0 bridgehead atoms. The molecule has 0 fully saturated rings. The largest absolute Gasteiger partial charge is 0.481 e. The van der Waals surface area contributed by atoms with Crippen LogP contribution in [0.3, 0.4) is 0 Å². The molecule has 0 heterocycles. The van der Waals surface area contributed by atoms with Crippen molar-refractivity contribution in [2.24, 2.45) is 0 Å². The molecule has 0 spiro atoms. The van der Waals surface area contributed by atoms with E-state index in [9.17, 15) is 24.0 Å². The molecule has 6 N–H and O–H groups in total. The average molecular weight is 308 g/mol. The quantitative estimate of drug-likeness (QED) is 0.297. The van der Waals surface area contributed by atoms with E-state index in [-0.39, 0.29) is 0 Å². The zero-order valence-corrected chi connectivity index (χ0v) is 10.3. The van der Waals surface area contributed by atoms with Gasteiger partial charge >= 0.3 is 29.8 Å². The fourth-order valence-electron chi connectivity index (χ4n) is 0.857. The summed E-state index contributed by atoms with van der Waals surface area (Å²) < 4.78 is 0. The van der Waals surface area contributed by atoms with Crippen molar-refractivity contribution in [3.63, 3.8) is 0 Å².